The first-order chi connectivity index (χ1) is 7.72. The van der Waals surface area contributed by atoms with E-state index in [9.17, 15) is 0 Å². The molecule has 0 aromatic carbocycles. The number of thioether (sulfide) groups is 1. The molecule has 0 aliphatic carbocycles. The molecule has 2 rings (SSSR count). The van der Waals surface area contributed by atoms with Gasteiger partial charge in [-0.2, -0.15) is 5.10 Å². The van der Waals surface area contributed by atoms with E-state index >= 15 is 0 Å². The lowest BCUT2D eigenvalue weighted by Gasteiger charge is -2.05. The molecule has 3 N–H and O–H groups in total. The van der Waals surface area contributed by atoms with Crippen LogP contribution in [-0.4, -0.2) is 26.0 Å². The highest BCUT2D eigenvalue weighted by atomic mass is 127. The van der Waals surface area contributed by atoms with E-state index in [4.69, 9.17) is 5.84 Å². The van der Waals surface area contributed by atoms with E-state index in [-0.39, 0.29) is 0 Å². The summed E-state index contributed by atoms with van der Waals surface area (Å²) in [5.74, 6) is 6.60. The number of aromatic nitrogens is 4. The smallest absolute Gasteiger partial charge is 0.191 e. The van der Waals surface area contributed by atoms with Crippen LogP contribution in [0.5, 0.6) is 0 Å². The Morgan fingerprint density at radius 3 is 2.88 bits per heavy atom. The molecule has 6 nitrogen and oxygen atoms in total. The van der Waals surface area contributed by atoms with Crippen molar-refractivity contribution in [1.82, 2.24) is 19.7 Å². The zero-order valence-corrected chi connectivity index (χ0v) is 11.4. The molecule has 2 aromatic rings. The van der Waals surface area contributed by atoms with Crippen LogP contribution in [0.15, 0.2) is 23.6 Å². The fraction of sp³-hybridized carbons (Fsp3) is 0.125. The molecular formula is C8H9IN6S. The van der Waals surface area contributed by atoms with E-state index in [1.807, 2.05) is 12.5 Å². The lowest BCUT2D eigenvalue weighted by atomic mass is 10.5. The first-order valence-electron chi connectivity index (χ1n) is 4.33. The monoisotopic (exact) mass is 348 g/mol. The molecule has 0 fully saturated rings. The van der Waals surface area contributed by atoms with Gasteiger partial charge < -0.3 is 5.43 Å². The third-order valence-corrected chi connectivity index (χ3v) is 2.91. The number of nitrogens with zero attached hydrogens (tertiary/aromatic N) is 4. The summed E-state index contributed by atoms with van der Waals surface area (Å²) < 4.78 is 2.73. The normalized spacial score (nSPS) is 10.4. The maximum atomic E-state index is 5.34. The van der Waals surface area contributed by atoms with Crippen molar-refractivity contribution in [2.45, 2.75) is 5.16 Å². The number of halogens is 1. The fourth-order valence-electron chi connectivity index (χ4n) is 1.12. The maximum absolute atomic E-state index is 5.34. The standard InChI is InChI=1S/C8H9IN6S/c1-16-8-12-6(14-10)2-7(13-8)15-4-5(9)3-11-15/h2-4H,10H2,1H3,(H,12,13,14). The number of nitrogen functional groups attached to an aromatic ring is 1. The molecule has 0 spiro atoms. The zero-order valence-electron chi connectivity index (χ0n) is 8.38. The van der Waals surface area contributed by atoms with Crippen LogP contribution in [-0.2, 0) is 0 Å². The molecule has 0 saturated heterocycles. The van der Waals surface area contributed by atoms with Crippen LogP contribution < -0.4 is 11.3 Å². The summed E-state index contributed by atoms with van der Waals surface area (Å²) >= 11 is 3.64. The second-order valence-corrected chi connectivity index (χ2v) is 4.86. The lowest BCUT2D eigenvalue weighted by molar-refractivity contribution is 0.808. The Morgan fingerprint density at radius 2 is 2.31 bits per heavy atom. The highest BCUT2D eigenvalue weighted by molar-refractivity contribution is 14.1. The summed E-state index contributed by atoms with van der Waals surface area (Å²) in [5.41, 5.74) is 2.51. The summed E-state index contributed by atoms with van der Waals surface area (Å²) in [6.07, 6.45) is 5.55. The SMILES string of the molecule is CSc1nc(NN)cc(-n2cc(I)cn2)n1. The van der Waals surface area contributed by atoms with Gasteiger partial charge in [-0.05, 0) is 28.8 Å². The van der Waals surface area contributed by atoms with E-state index in [1.54, 1.807) is 16.9 Å². The van der Waals surface area contributed by atoms with E-state index in [2.05, 4.69) is 43.1 Å². The van der Waals surface area contributed by atoms with Crippen molar-refractivity contribution < 1.29 is 0 Å². The lowest BCUT2D eigenvalue weighted by Crippen LogP contribution is -2.11. The first-order valence-corrected chi connectivity index (χ1v) is 6.63. The van der Waals surface area contributed by atoms with Gasteiger partial charge >= 0.3 is 0 Å². The molecular weight excluding hydrogens is 339 g/mol. The quantitative estimate of drug-likeness (QED) is 0.286. The molecule has 0 atom stereocenters. The van der Waals surface area contributed by atoms with E-state index in [1.165, 1.54) is 11.8 Å². The van der Waals surface area contributed by atoms with Gasteiger partial charge in [0.1, 0.15) is 5.82 Å². The number of hydrogen-bond acceptors (Lipinski definition) is 6. The van der Waals surface area contributed by atoms with Crippen molar-refractivity contribution in [3.63, 3.8) is 0 Å². The molecule has 8 heteroatoms. The van der Waals surface area contributed by atoms with E-state index < -0.39 is 0 Å². The third kappa shape index (κ3) is 2.44. The van der Waals surface area contributed by atoms with Crippen LogP contribution in [0.2, 0.25) is 0 Å². The molecule has 0 aliphatic rings. The van der Waals surface area contributed by atoms with Crippen LogP contribution in [0.1, 0.15) is 0 Å². The Bertz CT molecular complexity index is 477. The second kappa shape index (κ2) is 4.97. The summed E-state index contributed by atoms with van der Waals surface area (Å²) in [5, 5.41) is 4.83. The molecule has 0 unspecified atom stereocenters. The molecule has 0 amide bonds. The van der Waals surface area contributed by atoms with Crippen molar-refractivity contribution in [2.75, 3.05) is 11.7 Å². The van der Waals surface area contributed by atoms with Crippen molar-refractivity contribution in [1.29, 1.82) is 0 Å². The van der Waals surface area contributed by atoms with E-state index in [0.717, 1.165) is 3.57 Å². The molecule has 0 bridgehead atoms. The predicted molar refractivity (Wildman–Crippen MR) is 71.5 cm³/mol. The second-order valence-electron chi connectivity index (χ2n) is 2.85. The van der Waals surface area contributed by atoms with Crippen LogP contribution in [0.3, 0.4) is 0 Å². The van der Waals surface area contributed by atoms with Crippen LogP contribution in [0.4, 0.5) is 5.82 Å². The third-order valence-electron chi connectivity index (χ3n) is 1.81. The number of rotatable bonds is 3. The van der Waals surface area contributed by atoms with Crippen LogP contribution in [0.25, 0.3) is 5.82 Å². The Labute approximate surface area is 110 Å². The van der Waals surface area contributed by atoms with Crippen LogP contribution in [0, 0.1) is 3.57 Å². The fourth-order valence-corrected chi connectivity index (χ4v) is 1.88. The average molecular weight is 348 g/mol. The minimum absolute atomic E-state index is 0.569. The van der Waals surface area contributed by atoms with Gasteiger partial charge in [0.05, 0.1) is 9.77 Å². The minimum Gasteiger partial charge on any atom is -0.308 e. The predicted octanol–water partition coefficient (Wildman–Crippen LogP) is 1.27. The Balaban J connectivity index is 2.47. The molecule has 84 valence electrons. The number of nitrogens with two attached hydrogens (primary N) is 1. The van der Waals surface area contributed by atoms with Gasteiger partial charge in [0.25, 0.3) is 0 Å². The minimum atomic E-state index is 0.569. The molecule has 2 aromatic heterocycles. The van der Waals surface area contributed by atoms with Gasteiger partial charge in [0, 0.05) is 12.3 Å². The molecule has 0 saturated carbocycles. The highest BCUT2D eigenvalue weighted by Gasteiger charge is 2.06. The average Bonchev–Trinajstić information content (AvgIpc) is 2.75. The van der Waals surface area contributed by atoms with Crippen LogP contribution >= 0.6 is 34.4 Å². The number of hydrazine groups is 1. The Morgan fingerprint density at radius 1 is 1.50 bits per heavy atom. The molecule has 2 heterocycles. The summed E-state index contributed by atoms with van der Waals surface area (Å²) in [7, 11) is 0. The number of anilines is 1. The van der Waals surface area contributed by atoms with Gasteiger partial charge in [0.15, 0.2) is 11.0 Å². The molecule has 0 aliphatic heterocycles. The summed E-state index contributed by atoms with van der Waals surface area (Å²) in [6, 6.07) is 1.74. The van der Waals surface area contributed by atoms with Gasteiger partial charge in [-0.15, -0.1) is 0 Å². The van der Waals surface area contributed by atoms with Crippen molar-refractivity contribution in [3.05, 3.63) is 22.0 Å². The Kier molecular flexibility index (Phi) is 3.61. The van der Waals surface area contributed by atoms with Gasteiger partial charge in [-0.1, -0.05) is 11.8 Å². The van der Waals surface area contributed by atoms with Crippen molar-refractivity contribution >= 4 is 40.2 Å². The number of nitrogens with one attached hydrogen (secondary N) is 1. The van der Waals surface area contributed by atoms with Gasteiger partial charge in [-0.3, -0.25) is 0 Å². The topological polar surface area (TPSA) is 81.6 Å². The largest absolute Gasteiger partial charge is 0.308 e. The summed E-state index contributed by atoms with van der Waals surface area (Å²) in [4.78, 5) is 8.51. The molecule has 0 radical (unpaired) electrons. The zero-order chi connectivity index (χ0) is 11.5. The summed E-state index contributed by atoms with van der Waals surface area (Å²) in [6.45, 7) is 0. The first kappa shape index (κ1) is 11.6. The molecule has 16 heavy (non-hydrogen) atoms. The van der Waals surface area contributed by atoms with E-state index in [0.29, 0.717) is 16.8 Å². The van der Waals surface area contributed by atoms with Gasteiger partial charge in [0.2, 0.25) is 0 Å². The highest BCUT2D eigenvalue weighted by Crippen LogP contribution is 2.16. The number of hydrogen-bond donors (Lipinski definition) is 2. The Hall–Kier alpha value is -0.870. The maximum Gasteiger partial charge on any atom is 0.191 e. The van der Waals surface area contributed by atoms with Crippen molar-refractivity contribution in [3.8, 4) is 5.82 Å². The van der Waals surface area contributed by atoms with Crippen molar-refractivity contribution in [2.24, 2.45) is 5.84 Å². The van der Waals surface area contributed by atoms with Gasteiger partial charge in [-0.25, -0.2) is 20.5 Å².